The number of thioether (sulfide) groups is 1. The molecule has 0 saturated carbocycles. The topological polar surface area (TPSA) is 45.7 Å². The molecule has 0 spiro atoms. The van der Waals surface area contributed by atoms with Crippen LogP contribution < -0.4 is 0 Å². The average molecular weight is 335 g/mol. The van der Waals surface area contributed by atoms with Crippen molar-refractivity contribution in [1.29, 1.82) is 0 Å². The largest absolute Gasteiger partial charge is 0.378 e. The molecular weight excluding hydrogens is 310 g/mol. The highest BCUT2D eigenvalue weighted by atomic mass is 32.2. The van der Waals surface area contributed by atoms with E-state index in [1.165, 1.54) is 24.6 Å². The molecule has 126 valence electrons. The second-order valence-electron chi connectivity index (χ2n) is 6.17. The monoisotopic (exact) mass is 335 g/mol. The van der Waals surface area contributed by atoms with Gasteiger partial charge in [-0.1, -0.05) is 31.2 Å². The molecule has 5 nitrogen and oxygen atoms in total. The number of ether oxygens (including phenoxy) is 1. The lowest BCUT2D eigenvalue weighted by Crippen LogP contribution is -2.62. The minimum Gasteiger partial charge on any atom is -0.378 e. The van der Waals surface area contributed by atoms with Crippen LogP contribution in [0.25, 0.3) is 0 Å². The number of piperazine rings is 1. The van der Waals surface area contributed by atoms with Gasteiger partial charge in [0, 0.05) is 31.9 Å². The number of fused-ring (bicyclic) bond motifs is 1. The van der Waals surface area contributed by atoms with E-state index in [1.807, 2.05) is 23.1 Å². The van der Waals surface area contributed by atoms with E-state index in [2.05, 4.69) is 16.8 Å². The summed E-state index contributed by atoms with van der Waals surface area (Å²) in [6.45, 7) is 6.41. The SMILES string of the molecule is CCC[C@H]1COC[C@H]2CN(C(=O)CSc3ccccn3)CCN12. The number of carbonyl (C=O) groups is 1. The van der Waals surface area contributed by atoms with Crippen molar-refractivity contribution >= 4 is 17.7 Å². The predicted octanol–water partition coefficient (Wildman–Crippen LogP) is 1.89. The van der Waals surface area contributed by atoms with Crippen LogP contribution in [0.15, 0.2) is 29.4 Å². The Labute approximate surface area is 142 Å². The summed E-state index contributed by atoms with van der Waals surface area (Å²) in [5.41, 5.74) is 0. The van der Waals surface area contributed by atoms with E-state index in [0.717, 1.165) is 37.9 Å². The number of hydrogen-bond donors (Lipinski definition) is 0. The molecule has 0 N–H and O–H groups in total. The Balaban J connectivity index is 1.51. The third kappa shape index (κ3) is 4.25. The molecule has 23 heavy (non-hydrogen) atoms. The second-order valence-corrected chi connectivity index (χ2v) is 7.16. The Kier molecular flexibility index (Phi) is 5.91. The molecule has 2 atom stereocenters. The maximum absolute atomic E-state index is 12.5. The quantitative estimate of drug-likeness (QED) is 0.769. The van der Waals surface area contributed by atoms with Crippen LogP contribution in [0.1, 0.15) is 19.8 Å². The van der Waals surface area contributed by atoms with Crippen molar-refractivity contribution in [1.82, 2.24) is 14.8 Å². The number of pyridine rings is 1. The summed E-state index contributed by atoms with van der Waals surface area (Å²) in [5, 5.41) is 0.906. The number of nitrogens with zero attached hydrogens (tertiary/aromatic N) is 3. The Morgan fingerprint density at radius 1 is 1.39 bits per heavy atom. The van der Waals surface area contributed by atoms with Crippen molar-refractivity contribution in [3.63, 3.8) is 0 Å². The first-order valence-corrected chi connectivity index (χ1v) is 9.41. The van der Waals surface area contributed by atoms with E-state index < -0.39 is 0 Å². The standard InChI is InChI=1S/C17H25N3O2S/c1-2-5-14-11-22-12-15-10-19(8-9-20(14)15)17(21)13-23-16-6-3-4-7-18-16/h3-4,6-7,14-15H,2,5,8-13H2,1H3/t14-,15+/m0/s1. The van der Waals surface area contributed by atoms with Gasteiger partial charge in [0.25, 0.3) is 0 Å². The molecule has 6 heteroatoms. The molecule has 2 aliphatic heterocycles. The van der Waals surface area contributed by atoms with Gasteiger partial charge in [0.2, 0.25) is 5.91 Å². The van der Waals surface area contributed by atoms with Gasteiger partial charge in [0.1, 0.15) is 0 Å². The van der Waals surface area contributed by atoms with Crippen molar-refractivity contribution in [2.45, 2.75) is 36.9 Å². The van der Waals surface area contributed by atoms with E-state index >= 15 is 0 Å². The van der Waals surface area contributed by atoms with Crippen LogP contribution in [0.4, 0.5) is 0 Å². The number of rotatable bonds is 5. The highest BCUT2D eigenvalue weighted by molar-refractivity contribution is 7.99. The normalized spacial score (nSPS) is 25.2. The van der Waals surface area contributed by atoms with Crippen molar-refractivity contribution in [2.24, 2.45) is 0 Å². The molecule has 1 aromatic heterocycles. The minimum absolute atomic E-state index is 0.206. The third-order valence-electron chi connectivity index (χ3n) is 4.57. The molecule has 0 aromatic carbocycles. The Morgan fingerprint density at radius 2 is 2.30 bits per heavy atom. The zero-order valence-electron chi connectivity index (χ0n) is 13.7. The molecule has 2 aliphatic rings. The lowest BCUT2D eigenvalue weighted by Gasteiger charge is -2.48. The number of morpholine rings is 1. The Morgan fingerprint density at radius 3 is 3.09 bits per heavy atom. The first-order valence-electron chi connectivity index (χ1n) is 8.43. The van der Waals surface area contributed by atoms with Gasteiger partial charge in [-0.2, -0.15) is 0 Å². The smallest absolute Gasteiger partial charge is 0.233 e. The first-order chi connectivity index (χ1) is 11.3. The van der Waals surface area contributed by atoms with E-state index in [-0.39, 0.29) is 5.91 Å². The van der Waals surface area contributed by atoms with Gasteiger partial charge in [-0.15, -0.1) is 0 Å². The molecule has 2 fully saturated rings. The summed E-state index contributed by atoms with van der Waals surface area (Å²) in [4.78, 5) is 21.3. The summed E-state index contributed by atoms with van der Waals surface area (Å²) in [6.07, 6.45) is 4.12. The molecule has 1 amide bonds. The van der Waals surface area contributed by atoms with Crippen LogP contribution in [-0.2, 0) is 9.53 Å². The van der Waals surface area contributed by atoms with E-state index in [9.17, 15) is 4.79 Å². The molecule has 3 rings (SSSR count). The summed E-state index contributed by atoms with van der Waals surface area (Å²) >= 11 is 1.51. The summed E-state index contributed by atoms with van der Waals surface area (Å²) < 4.78 is 5.77. The molecule has 0 radical (unpaired) electrons. The molecular formula is C17H25N3O2S. The van der Waals surface area contributed by atoms with Crippen LogP contribution >= 0.6 is 11.8 Å². The van der Waals surface area contributed by atoms with E-state index in [0.29, 0.717) is 17.8 Å². The van der Waals surface area contributed by atoms with E-state index in [4.69, 9.17) is 4.74 Å². The highest BCUT2D eigenvalue weighted by Crippen LogP contribution is 2.22. The van der Waals surface area contributed by atoms with Crippen LogP contribution in [0.5, 0.6) is 0 Å². The molecule has 3 heterocycles. The molecule has 2 saturated heterocycles. The van der Waals surface area contributed by atoms with Gasteiger partial charge in [-0.3, -0.25) is 9.69 Å². The summed E-state index contributed by atoms with van der Waals surface area (Å²) in [7, 11) is 0. The number of hydrogen-bond acceptors (Lipinski definition) is 5. The summed E-state index contributed by atoms with van der Waals surface area (Å²) in [6, 6.07) is 6.67. The van der Waals surface area contributed by atoms with Gasteiger partial charge in [-0.05, 0) is 18.6 Å². The zero-order chi connectivity index (χ0) is 16.1. The number of amides is 1. The average Bonchev–Trinajstić information content (AvgIpc) is 2.60. The number of carbonyl (C=O) groups excluding carboxylic acids is 1. The Bertz CT molecular complexity index is 512. The van der Waals surface area contributed by atoms with E-state index in [1.54, 1.807) is 6.20 Å². The maximum atomic E-state index is 12.5. The fraction of sp³-hybridized carbons (Fsp3) is 0.647. The predicted molar refractivity (Wildman–Crippen MR) is 91.6 cm³/mol. The third-order valence-corrected chi connectivity index (χ3v) is 5.50. The molecule has 0 bridgehead atoms. The lowest BCUT2D eigenvalue weighted by atomic mass is 10.0. The molecule has 0 aliphatic carbocycles. The van der Waals surface area contributed by atoms with Crippen LogP contribution in [-0.4, -0.2) is 71.4 Å². The zero-order valence-corrected chi connectivity index (χ0v) is 14.5. The van der Waals surface area contributed by atoms with Gasteiger partial charge in [0.15, 0.2) is 0 Å². The number of aromatic nitrogens is 1. The van der Waals surface area contributed by atoms with Crippen LogP contribution in [0.2, 0.25) is 0 Å². The van der Waals surface area contributed by atoms with Gasteiger partial charge in [-0.25, -0.2) is 4.98 Å². The van der Waals surface area contributed by atoms with Crippen molar-refractivity contribution in [3.05, 3.63) is 24.4 Å². The van der Waals surface area contributed by atoms with Crippen molar-refractivity contribution < 1.29 is 9.53 Å². The van der Waals surface area contributed by atoms with Gasteiger partial charge >= 0.3 is 0 Å². The first kappa shape index (κ1) is 16.7. The minimum atomic E-state index is 0.206. The second kappa shape index (κ2) is 8.13. The molecule has 1 aromatic rings. The maximum Gasteiger partial charge on any atom is 0.233 e. The lowest BCUT2D eigenvalue weighted by molar-refractivity contribution is -0.137. The van der Waals surface area contributed by atoms with Crippen molar-refractivity contribution in [2.75, 3.05) is 38.6 Å². The summed E-state index contributed by atoms with van der Waals surface area (Å²) in [5.74, 6) is 0.668. The Hall–Kier alpha value is -1.11. The fourth-order valence-electron chi connectivity index (χ4n) is 3.40. The highest BCUT2D eigenvalue weighted by Gasteiger charge is 2.36. The van der Waals surface area contributed by atoms with Gasteiger partial charge < -0.3 is 9.64 Å². The van der Waals surface area contributed by atoms with Gasteiger partial charge in [0.05, 0.1) is 30.0 Å². The van der Waals surface area contributed by atoms with Crippen LogP contribution in [0, 0.1) is 0 Å². The van der Waals surface area contributed by atoms with Crippen LogP contribution in [0.3, 0.4) is 0 Å². The molecule has 0 unspecified atom stereocenters. The van der Waals surface area contributed by atoms with Crippen molar-refractivity contribution in [3.8, 4) is 0 Å². The fourth-order valence-corrected chi connectivity index (χ4v) is 4.17.